The number of aromatic nitrogens is 2. The molecule has 4 nitrogen and oxygen atoms in total. The van der Waals surface area contributed by atoms with Crippen molar-refractivity contribution in [2.24, 2.45) is 0 Å². The molecule has 0 fully saturated rings. The molecule has 0 amide bonds. The van der Waals surface area contributed by atoms with Gasteiger partial charge in [0.2, 0.25) is 0 Å². The van der Waals surface area contributed by atoms with Crippen LogP contribution in [0.3, 0.4) is 0 Å². The second-order valence-corrected chi connectivity index (χ2v) is 4.85. The molecule has 0 aliphatic carbocycles. The first-order valence-electron chi connectivity index (χ1n) is 6.40. The molecule has 3 rings (SSSR count). The molecule has 0 saturated heterocycles. The van der Waals surface area contributed by atoms with Crippen molar-refractivity contribution in [3.8, 4) is 5.75 Å². The second-order valence-electron chi connectivity index (χ2n) is 4.85. The molecule has 1 aliphatic heterocycles. The fraction of sp³-hybridized carbons (Fsp3) is 0.333. The Balaban J connectivity index is 1.99. The third-order valence-corrected chi connectivity index (χ3v) is 3.50. The number of hydrogen-bond acceptors (Lipinski definition) is 4. The van der Waals surface area contributed by atoms with Gasteiger partial charge in [-0.1, -0.05) is 18.2 Å². The largest absolute Gasteiger partial charge is 0.492 e. The summed E-state index contributed by atoms with van der Waals surface area (Å²) in [7, 11) is 0. The minimum atomic E-state index is -0.541. The Morgan fingerprint density at radius 1 is 1.37 bits per heavy atom. The van der Waals surface area contributed by atoms with Crippen LogP contribution in [0.25, 0.3) is 0 Å². The normalized spacial score (nSPS) is 18.8. The summed E-state index contributed by atoms with van der Waals surface area (Å²) in [5, 5.41) is 9.61. The molecule has 1 aromatic heterocycles. The number of ether oxygens (including phenoxy) is 1. The molecule has 0 radical (unpaired) electrons. The van der Waals surface area contributed by atoms with E-state index in [9.17, 15) is 5.11 Å². The second kappa shape index (κ2) is 4.63. The van der Waals surface area contributed by atoms with E-state index >= 15 is 0 Å². The summed E-state index contributed by atoms with van der Waals surface area (Å²) in [6, 6.07) is 7.97. The summed E-state index contributed by atoms with van der Waals surface area (Å²) < 4.78 is 5.65. The number of aryl methyl sites for hydroxylation is 1. The first-order valence-corrected chi connectivity index (χ1v) is 6.40. The van der Waals surface area contributed by atoms with E-state index in [1.54, 1.807) is 13.1 Å². The molecule has 1 aromatic carbocycles. The highest BCUT2D eigenvalue weighted by Gasteiger charge is 2.27. The monoisotopic (exact) mass is 256 g/mol. The maximum atomic E-state index is 9.61. The van der Waals surface area contributed by atoms with Crippen LogP contribution in [0.5, 0.6) is 5.75 Å². The van der Waals surface area contributed by atoms with Crippen molar-refractivity contribution in [2.75, 3.05) is 6.61 Å². The standard InChI is InChI=1S/C15H16N2O2/c1-9-12(10(2)18)7-16-15(17-9)13-8-19-14-6-4-3-5-11(13)14/h3-7,10,13,18H,8H2,1-2H3/t10-,13?/m1/s1. The Kier molecular flexibility index (Phi) is 2.95. The Morgan fingerprint density at radius 2 is 2.16 bits per heavy atom. The zero-order valence-corrected chi connectivity index (χ0v) is 11.0. The smallest absolute Gasteiger partial charge is 0.139 e. The maximum absolute atomic E-state index is 9.61. The van der Waals surface area contributed by atoms with Crippen LogP contribution in [-0.2, 0) is 0 Å². The molecule has 1 aliphatic rings. The lowest BCUT2D eigenvalue weighted by Crippen LogP contribution is -2.10. The SMILES string of the molecule is Cc1nc(C2COc3ccccc32)ncc1[C@@H](C)O. The summed E-state index contributed by atoms with van der Waals surface area (Å²) in [4.78, 5) is 8.91. The van der Waals surface area contributed by atoms with Gasteiger partial charge >= 0.3 is 0 Å². The van der Waals surface area contributed by atoms with Crippen molar-refractivity contribution in [1.82, 2.24) is 9.97 Å². The van der Waals surface area contributed by atoms with Crippen LogP contribution in [0, 0.1) is 6.92 Å². The first kappa shape index (κ1) is 12.1. The summed E-state index contributed by atoms with van der Waals surface area (Å²) in [6.07, 6.45) is 1.17. The predicted molar refractivity (Wildman–Crippen MR) is 71.2 cm³/mol. The number of hydrogen-bond donors (Lipinski definition) is 1. The van der Waals surface area contributed by atoms with Crippen LogP contribution in [0.4, 0.5) is 0 Å². The van der Waals surface area contributed by atoms with E-state index in [2.05, 4.69) is 9.97 Å². The van der Waals surface area contributed by atoms with Crippen LogP contribution in [0.15, 0.2) is 30.5 Å². The highest BCUT2D eigenvalue weighted by Crippen LogP contribution is 2.36. The highest BCUT2D eigenvalue weighted by molar-refractivity contribution is 5.43. The number of benzene rings is 1. The zero-order valence-electron chi connectivity index (χ0n) is 11.0. The highest BCUT2D eigenvalue weighted by atomic mass is 16.5. The lowest BCUT2D eigenvalue weighted by Gasteiger charge is -2.12. The van der Waals surface area contributed by atoms with Crippen LogP contribution in [0.1, 0.15) is 41.6 Å². The van der Waals surface area contributed by atoms with E-state index in [4.69, 9.17) is 4.74 Å². The molecular formula is C15H16N2O2. The van der Waals surface area contributed by atoms with Crippen LogP contribution in [0.2, 0.25) is 0 Å². The summed E-state index contributed by atoms with van der Waals surface area (Å²) in [5.74, 6) is 1.75. The lowest BCUT2D eigenvalue weighted by molar-refractivity contribution is 0.197. The van der Waals surface area contributed by atoms with E-state index in [-0.39, 0.29) is 5.92 Å². The van der Waals surface area contributed by atoms with E-state index in [1.807, 2.05) is 31.2 Å². The number of para-hydroxylation sites is 1. The minimum absolute atomic E-state index is 0.0814. The van der Waals surface area contributed by atoms with Crippen molar-refractivity contribution in [3.05, 3.63) is 53.1 Å². The topological polar surface area (TPSA) is 55.2 Å². The third-order valence-electron chi connectivity index (χ3n) is 3.50. The van der Waals surface area contributed by atoms with Crippen molar-refractivity contribution < 1.29 is 9.84 Å². The van der Waals surface area contributed by atoms with Crippen LogP contribution in [-0.4, -0.2) is 21.7 Å². The van der Waals surface area contributed by atoms with Crippen LogP contribution >= 0.6 is 0 Å². The molecule has 1 unspecified atom stereocenters. The molecule has 0 bridgehead atoms. The van der Waals surface area contributed by atoms with Gasteiger partial charge in [0.15, 0.2) is 0 Å². The van der Waals surface area contributed by atoms with E-state index in [1.165, 1.54) is 0 Å². The van der Waals surface area contributed by atoms with Gasteiger partial charge < -0.3 is 9.84 Å². The quantitative estimate of drug-likeness (QED) is 0.896. The van der Waals surface area contributed by atoms with E-state index < -0.39 is 6.10 Å². The number of aliphatic hydroxyl groups is 1. The average Bonchev–Trinajstić information content (AvgIpc) is 2.82. The van der Waals surface area contributed by atoms with Crippen molar-refractivity contribution >= 4 is 0 Å². The average molecular weight is 256 g/mol. The molecular weight excluding hydrogens is 240 g/mol. The number of fused-ring (bicyclic) bond motifs is 1. The molecule has 1 N–H and O–H groups in total. The minimum Gasteiger partial charge on any atom is -0.492 e. The molecule has 19 heavy (non-hydrogen) atoms. The zero-order chi connectivity index (χ0) is 13.4. The Morgan fingerprint density at radius 3 is 2.89 bits per heavy atom. The summed E-state index contributed by atoms with van der Waals surface area (Å²) >= 11 is 0. The van der Waals surface area contributed by atoms with Crippen molar-refractivity contribution in [3.63, 3.8) is 0 Å². The molecule has 0 saturated carbocycles. The van der Waals surface area contributed by atoms with Gasteiger partial charge in [0, 0.05) is 23.0 Å². The Bertz CT molecular complexity index is 611. The lowest BCUT2D eigenvalue weighted by atomic mass is 10.00. The first-order chi connectivity index (χ1) is 9.16. The van der Waals surface area contributed by atoms with E-state index in [0.717, 1.165) is 28.4 Å². The van der Waals surface area contributed by atoms with Gasteiger partial charge in [-0.15, -0.1) is 0 Å². The Labute approximate surface area is 112 Å². The summed E-state index contributed by atoms with van der Waals surface area (Å²) in [6.45, 7) is 4.20. The van der Waals surface area contributed by atoms with Gasteiger partial charge in [-0.05, 0) is 19.9 Å². The molecule has 98 valence electrons. The summed E-state index contributed by atoms with van der Waals surface area (Å²) in [5.41, 5.74) is 2.73. The van der Waals surface area contributed by atoms with Gasteiger partial charge in [0.25, 0.3) is 0 Å². The fourth-order valence-electron chi connectivity index (χ4n) is 2.45. The predicted octanol–water partition coefficient (Wildman–Crippen LogP) is 2.36. The van der Waals surface area contributed by atoms with Gasteiger partial charge in [-0.3, -0.25) is 0 Å². The molecule has 2 aromatic rings. The number of aliphatic hydroxyl groups excluding tert-OH is 1. The molecule has 0 spiro atoms. The maximum Gasteiger partial charge on any atom is 0.139 e. The van der Waals surface area contributed by atoms with Gasteiger partial charge in [-0.25, -0.2) is 9.97 Å². The Hall–Kier alpha value is -1.94. The van der Waals surface area contributed by atoms with Gasteiger partial charge in [0.1, 0.15) is 18.2 Å². The van der Waals surface area contributed by atoms with Crippen LogP contribution < -0.4 is 4.74 Å². The van der Waals surface area contributed by atoms with Gasteiger partial charge in [0.05, 0.1) is 12.0 Å². The number of nitrogens with zero attached hydrogens (tertiary/aromatic N) is 2. The molecule has 4 heteroatoms. The number of rotatable bonds is 2. The van der Waals surface area contributed by atoms with Crippen molar-refractivity contribution in [1.29, 1.82) is 0 Å². The van der Waals surface area contributed by atoms with Crippen molar-refractivity contribution in [2.45, 2.75) is 25.9 Å². The molecule has 2 atom stereocenters. The fourth-order valence-corrected chi connectivity index (χ4v) is 2.45. The van der Waals surface area contributed by atoms with Gasteiger partial charge in [-0.2, -0.15) is 0 Å². The van der Waals surface area contributed by atoms with E-state index in [0.29, 0.717) is 6.61 Å². The third kappa shape index (κ3) is 2.08. The molecule has 2 heterocycles.